The van der Waals surface area contributed by atoms with Crippen LogP contribution in [0.15, 0.2) is 72.8 Å². The average Bonchev–Trinajstić information content (AvgIpc) is 3.08. The van der Waals surface area contributed by atoms with E-state index >= 15 is 0 Å². The summed E-state index contributed by atoms with van der Waals surface area (Å²) in [5.41, 5.74) is 21.0. The summed E-state index contributed by atoms with van der Waals surface area (Å²) in [6.07, 6.45) is 16.2. The highest BCUT2D eigenvalue weighted by molar-refractivity contribution is 5.55. The Balaban J connectivity index is 1.30. The van der Waals surface area contributed by atoms with Crippen LogP contribution in [0.5, 0.6) is 23.0 Å². The van der Waals surface area contributed by atoms with Crippen molar-refractivity contribution in [1.82, 2.24) is 0 Å². The van der Waals surface area contributed by atoms with Gasteiger partial charge < -0.3 is 20.9 Å². The Morgan fingerprint density at radius 1 is 0.592 bits per heavy atom. The van der Waals surface area contributed by atoms with E-state index in [1.807, 2.05) is 48.5 Å². The van der Waals surface area contributed by atoms with Gasteiger partial charge in [-0.3, -0.25) is 0 Å². The maximum Gasteiger partial charge on any atom is 0.133 e. The van der Waals surface area contributed by atoms with Crippen LogP contribution in [0.3, 0.4) is 0 Å². The van der Waals surface area contributed by atoms with E-state index in [4.69, 9.17) is 20.9 Å². The van der Waals surface area contributed by atoms with Gasteiger partial charge in [-0.25, -0.2) is 0 Å². The Morgan fingerprint density at radius 2 is 1.04 bits per heavy atom. The number of hydrogen-bond donors (Lipinski definition) is 2. The average molecular weight is 659 g/mol. The predicted molar refractivity (Wildman–Crippen MR) is 206 cm³/mol. The van der Waals surface area contributed by atoms with E-state index in [2.05, 4.69) is 58.9 Å². The fourth-order valence-electron chi connectivity index (χ4n) is 9.15. The number of ether oxygens (including phenoxy) is 2. The predicted octanol–water partition coefficient (Wildman–Crippen LogP) is 12.5. The van der Waals surface area contributed by atoms with Crippen LogP contribution in [0.25, 0.3) is 0 Å². The van der Waals surface area contributed by atoms with Crippen LogP contribution in [-0.4, -0.2) is 0 Å². The van der Waals surface area contributed by atoms with E-state index in [9.17, 15) is 0 Å². The molecule has 2 fully saturated rings. The molecule has 2 aliphatic rings. The summed E-state index contributed by atoms with van der Waals surface area (Å²) in [6, 6.07) is 25.0. The summed E-state index contributed by atoms with van der Waals surface area (Å²) >= 11 is 0. The molecule has 2 saturated carbocycles. The number of aryl methyl sites for hydroxylation is 4. The molecule has 6 rings (SSSR count). The van der Waals surface area contributed by atoms with Crippen LogP contribution < -0.4 is 20.9 Å². The van der Waals surface area contributed by atoms with Crippen molar-refractivity contribution >= 4 is 11.4 Å². The maximum absolute atomic E-state index is 6.45. The molecule has 0 spiro atoms. The first-order chi connectivity index (χ1) is 23.6. The number of benzene rings is 4. The highest BCUT2D eigenvalue weighted by Gasteiger charge is 2.42. The van der Waals surface area contributed by atoms with Crippen molar-refractivity contribution in [3.8, 4) is 23.0 Å². The van der Waals surface area contributed by atoms with Crippen molar-refractivity contribution in [2.45, 2.75) is 117 Å². The van der Waals surface area contributed by atoms with Gasteiger partial charge in [0, 0.05) is 28.9 Å². The lowest BCUT2D eigenvalue weighted by Gasteiger charge is -2.45. The topological polar surface area (TPSA) is 70.5 Å². The second kappa shape index (κ2) is 15.3. The van der Waals surface area contributed by atoms with Gasteiger partial charge in [0.05, 0.1) is 0 Å². The zero-order valence-electron chi connectivity index (χ0n) is 30.6. The summed E-state index contributed by atoms with van der Waals surface area (Å²) in [4.78, 5) is 0. The molecule has 49 heavy (non-hydrogen) atoms. The normalized spacial score (nSPS) is 19.4. The van der Waals surface area contributed by atoms with Crippen molar-refractivity contribution in [2.24, 2.45) is 17.8 Å². The zero-order valence-corrected chi connectivity index (χ0v) is 30.6. The molecule has 2 aliphatic carbocycles. The summed E-state index contributed by atoms with van der Waals surface area (Å²) in [7, 11) is 0. The van der Waals surface area contributed by atoms with E-state index in [1.165, 1.54) is 75.3 Å². The molecule has 4 aromatic rings. The number of nitrogens with two attached hydrogens (primary N) is 2. The third-order valence-electron chi connectivity index (χ3n) is 11.8. The van der Waals surface area contributed by atoms with Gasteiger partial charge in [-0.15, -0.1) is 0 Å². The minimum absolute atomic E-state index is 0.0652. The van der Waals surface area contributed by atoms with Crippen LogP contribution in [-0.2, 0) is 5.41 Å². The Kier molecular flexibility index (Phi) is 10.9. The third kappa shape index (κ3) is 7.95. The first-order valence-corrected chi connectivity index (χ1v) is 19.0. The Labute approximate surface area is 295 Å². The lowest BCUT2D eigenvalue weighted by molar-refractivity contribution is 0.140. The Bertz CT molecular complexity index is 1570. The van der Waals surface area contributed by atoms with Crippen molar-refractivity contribution in [1.29, 1.82) is 0 Å². The van der Waals surface area contributed by atoms with E-state index in [1.54, 1.807) is 0 Å². The molecule has 0 aromatic heterocycles. The van der Waals surface area contributed by atoms with Gasteiger partial charge in [-0.1, -0.05) is 81.8 Å². The molecule has 4 aromatic carbocycles. The van der Waals surface area contributed by atoms with Gasteiger partial charge in [0.25, 0.3) is 0 Å². The minimum atomic E-state index is -0.0652. The lowest BCUT2D eigenvalue weighted by atomic mass is 9.59. The van der Waals surface area contributed by atoms with Gasteiger partial charge >= 0.3 is 0 Å². The second-order valence-corrected chi connectivity index (χ2v) is 15.4. The van der Waals surface area contributed by atoms with Crippen LogP contribution >= 0.6 is 0 Å². The van der Waals surface area contributed by atoms with Crippen molar-refractivity contribution in [3.63, 3.8) is 0 Å². The van der Waals surface area contributed by atoms with Gasteiger partial charge in [0.1, 0.15) is 23.0 Å². The summed E-state index contributed by atoms with van der Waals surface area (Å²) in [6.45, 7) is 11.1. The van der Waals surface area contributed by atoms with Gasteiger partial charge in [-0.05, 0) is 142 Å². The Morgan fingerprint density at radius 3 is 1.47 bits per heavy atom. The molecule has 0 radical (unpaired) electrons. The molecule has 4 N–H and O–H groups in total. The molecule has 0 aliphatic heterocycles. The molecular weight excluding hydrogens is 601 g/mol. The molecule has 0 atom stereocenters. The van der Waals surface area contributed by atoms with Crippen molar-refractivity contribution < 1.29 is 9.47 Å². The summed E-state index contributed by atoms with van der Waals surface area (Å²) < 4.78 is 12.9. The summed E-state index contributed by atoms with van der Waals surface area (Å²) in [5.74, 6) is 6.07. The zero-order chi connectivity index (χ0) is 34.5. The monoisotopic (exact) mass is 658 g/mol. The number of rotatable bonds is 11. The first-order valence-electron chi connectivity index (χ1n) is 19.0. The molecule has 0 saturated heterocycles. The summed E-state index contributed by atoms with van der Waals surface area (Å²) in [5, 5.41) is 0. The second-order valence-electron chi connectivity index (χ2n) is 15.4. The molecule has 0 heterocycles. The van der Waals surface area contributed by atoms with Gasteiger partial charge in [0.2, 0.25) is 0 Å². The number of anilines is 2. The highest BCUT2D eigenvalue weighted by Crippen LogP contribution is 2.52. The molecule has 0 amide bonds. The highest BCUT2D eigenvalue weighted by atomic mass is 16.5. The number of nitrogen functional groups attached to an aromatic ring is 2. The van der Waals surface area contributed by atoms with Gasteiger partial charge in [0.15, 0.2) is 0 Å². The number of unbranched alkanes of at least 4 members (excludes halogenated alkanes) is 2. The minimum Gasteiger partial charge on any atom is -0.457 e. The maximum atomic E-state index is 6.45. The lowest BCUT2D eigenvalue weighted by Crippen LogP contribution is -2.36. The smallest absolute Gasteiger partial charge is 0.133 e. The standard InChI is InChI=1S/C45H58N2O2/c1-6-7-8-11-34-16-18-35(19-17-34)36-20-22-45(23-21-36,37-24-30(2)43(31(3)25-37)48-41-14-9-12-39(46)28-41)38-26-32(4)44(33(5)27-38)49-42-15-10-13-40(47)29-42/h9-10,12-15,24-29,34-36H,6-8,11,16-23,46-47H2,1-5H3. The fourth-order valence-corrected chi connectivity index (χ4v) is 9.15. The van der Waals surface area contributed by atoms with E-state index in [0.29, 0.717) is 11.4 Å². The third-order valence-corrected chi connectivity index (χ3v) is 11.8. The Hall–Kier alpha value is -3.92. The molecule has 4 heteroatoms. The molecule has 0 bridgehead atoms. The van der Waals surface area contributed by atoms with E-state index in [0.717, 1.165) is 75.8 Å². The van der Waals surface area contributed by atoms with Crippen LogP contribution in [0.1, 0.15) is 117 Å². The SMILES string of the molecule is CCCCCC1CCC(C2CCC(c3cc(C)c(Oc4cccc(N)c4)c(C)c3)(c3cc(C)c(Oc4cccc(N)c4)c(C)c3)CC2)CC1. The van der Waals surface area contributed by atoms with Crippen LogP contribution in [0, 0.1) is 45.4 Å². The molecular formula is C45H58N2O2. The number of hydrogen-bond acceptors (Lipinski definition) is 4. The molecule has 0 unspecified atom stereocenters. The van der Waals surface area contributed by atoms with E-state index < -0.39 is 0 Å². The quantitative estimate of drug-likeness (QED) is 0.124. The largest absolute Gasteiger partial charge is 0.457 e. The molecule has 4 nitrogen and oxygen atoms in total. The fraction of sp³-hybridized carbons (Fsp3) is 0.467. The molecule has 260 valence electrons. The first kappa shape index (κ1) is 34.9. The van der Waals surface area contributed by atoms with Gasteiger partial charge in [-0.2, -0.15) is 0 Å². The van der Waals surface area contributed by atoms with Crippen LogP contribution in [0.2, 0.25) is 0 Å². The van der Waals surface area contributed by atoms with Crippen molar-refractivity contribution in [2.75, 3.05) is 11.5 Å². The van der Waals surface area contributed by atoms with Crippen LogP contribution in [0.4, 0.5) is 11.4 Å². The van der Waals surface area contributed by atoms with Crippen molar-refractivity contribution in [3.05, 3.63) is 106 Å². The van der Waals surface area contributed by atoms with E-state index in [-0.39, 0.29) is 5.41 Å².